The van der Waals surface area contributed by atoms with Crippen molar-refractivity contribution in [1.29, 1.82) is 0 Å². The van der Waals surface area contributed by atoms with Crippen LogP contribution in [0, 0.1) is 51.2 Å². The van der Waals surface area contributed by atoms with Crippen molar-refractivity contribution < 1.29 is 4.42 Å². The fraction of sp³-hybridized carbons (Fsp3) is 0.757. The standard InChI is InChI=1S/C37H52ClN3O/c1-22(2)25-14-18-37(32-41-40-31(42-32)27-11-9-24(38)21-39-27)20-19-35(7)26(30(25)37)10-12-29-34(6)16-13-23(3)33(4,5)28(34)15-17-36(29,35)8/h9,11,21-23,26,28-29H,10,12-20H2,1-8H3/t23-,26?,28-,29+,34?,35+,36+,37-/m0/s1. The van der Waals surface area contributed by atoms with Gasteiger partial charge in [0.25, 0.3) is 5.89 Å². The molecule has 2 aromatic rings. The zero-order valence-electron chi connectivity index (χ0n) is 27.3. The van der Waals surface area contributed by atoms with Crippen LogP contribution < -0.4 is 0 Å². The van der Waals surface area contributed by atoms with Crippen LogP contribution in [0.4, 0.5) is 0 Å². The molecule has 0 amide bonds. The molecule has 228 valence electrons. The maximum Gasteiger partial charge on any atom is 0.266 e. The number of halogens is 1. The lowest BCUT2D eigenvalue weighted by Crippen LogP contribution is -2.65. The van der Waals surface area contributed by atoms with Gasteiger partial charge in [-0.15, -0.1) is 10.2 Å². The van der Waals surface area contributed by atoms with E-state index in [1.54, 1.807) is 17.3 Å². The Morgan fingerprint density at radius 2 is 1.64 bits per heavy atom. The summed E-state index contributed by atoms with van der Waals surface area (Å²) in [5.41, 5.74) is 5.49. The molecule has 0 aromatic carbocycles. The lowest BCUT2D eigenvalue weighted by atomic mass is 9.32. The Balaban J connectivity index is 1.29. The van der Waals surface area contributed by atoms with Gasteiger partial charge in [0.1, 0.15) is 5.69 Å². The fourth-order valence-electron chi connectivity index (χ4n) is 12.2. The molecule has 0 N–H and O–H groups in total. The molecule has 0 radical (unpaired) electrons. The van der Waals surface area contributed by atoms with E-state index in [2.05, 4.69) is 65.5 Å². The Hall–Kier alpha value is -1.68. The molecule has 2 heterocycles. The molecular weight excluding hydrogens is 538 g/mol. The average Bonchev–Trinajstić information content (AvgIpc) is 3.58. The molecular formula is C37H52ClN3O. The van der Waals surface area contributed by atoms with Crippen molar-refractivity contribution in [3.63, 3.8) is 0 Å². The Morgan fingerprint density at radius 3 is 2.36 bits per heavy atom. The van der Waals surface area contributed by atoms with Crippen LogP contribution in [0.15, 0.2) is 33.9 Å². The lowest BCUT2D eigenvalue weighted by Gasteiger charge is -2.72. The van der Waals surface area contributed by atoms with E-state index in [-0.39, 0.29) is 5.41 Å². The summed E-state index contributed by atoms with van der Waals surface area (Å²) in [7, 11) is 0. The highest BCUT2D eigenvalue weighted by Crippen LogP contribution is 2.77. The van der Waals surface area contributed by atoms with E-state index in [1.807, 2.05) is 12.1 Å². The van der Waals surface area contributed by atoms with Gasteiger partial charge in [-0.05, 0) is 128 Å². The van der Waals surface area contributed by atoms with E-state index in [9.17, 15) is 0 Å². The molecule has 5 aliphatic carbocycles. The summed E-state index contributed by atoms with van der Waals surface area (Å²) in [5, 5.41) is 9.95. The molecule has 4 nitrogen and oxygen atoms in total. The predicted molar refractivity (Wildman–Crippen MR) is 170 cm³/mol. The molecule has 5 heteroatoms. The minimum Gasteiger partial charge on any atom is -0.418 e. The summed E-state index contributed by atoms with van der Waals surface area (Å²) in [4.78, 5) is 4.48. The van der Waals surface area contributed by atoms with E-state index in [0.29, 0.717) is 50.1 Å². The van der Waals surface area contributed by atoms with Crippen LogP contribution in [0.25, 0.3) is 11.6 Å². The quantitative estimate of drug-likeness (QED) is 0.334. The van der Waals surface area contributed by atoms with E-state index < -0.39 is 0 Å². The van der Waals surface area contributed by atoms with Gasteiger partial charge in [0.05, 0.1) is 10.4 Å². The molecule has 2 aromatic heterocycles. The van der Waals surface area contributed by atoms with Gasteiger partial charge in [0.15, 0.2) is 0 Å². The normalized spacial score (nSPS) is 42.6. The molecule has 2 unspecified atom stereocenters. The van der Waals surface area contributed by atoms with Gasteiger partial charge < -0.3 is 4.42 Å². The van der Waals surface area contributed by atoms with E-state index in [1.165, 1.54) is 44.9 Å². The molecule has 0 spiro atoms. The third-order valence-corrected chi connectivity index (χ3v) is 15.2. The lowest BCUT2D eigenvalue weighted by molar-refractivity contribution is -0.218. The number of fused-ring (bicyclic) bond motifs is 7. The summed E-state index contributed by atoms with van der Waals surface area (Å²) in [6, 6.07) is 3.73. The van der Waals surface area contributed by atoms with Gasteiger partial charge in [0, 0.05) is 6.20 Å². The van der Waals surface area contributed by atoms with Crippen molar-refractivity contribution in [2.24, 2.45) is 51.2 Å². The second-order valence-corrected chi connectivity index (χ2v) is 17.3. The topological polar surface area (TPSA) is 51.8 Å². The second kappa shape index (κ2) is 9.41. The van der Waals surface area contributed by atoms with Crippen molar-refractivity contribution in [3.05, 3.63) is 40.4 Å². The number of allylic oxidation sites excluding steroid dienone is 2. The average molecular weight is 590 g/mol. The Labute approximate surface area is 258 Å². The number of aromatic nitrogens is 3. The highest BCUT2D eigenvalue weighted by molar-refractivity contribution is 6.30. The van der Waals surface area contributed by atoms with Gasteiger partial charge in [-0.2, -0.15) is 0 Å². The summed E-state index contributed by atoms with van der Waals surface area (Å²) in [5.74, 6) is 4.94. The Morgan fingerprint density at radius 1 is 0.857 bits per heavy atom. The largest absolute Gasteiger partial charge is 0.418 e. The molecule has 42 heavy (non-hydrogen) atoms. The SMILES string of the molecule is CC(C)C1=C2C3CC[C@@H]4C5(C)CC[C@H](C)C(C)(C)[C@@H]5CC[C@@]4(C)[C@]3(C)CC[C@@]2(c2nnc(-c3ccc(Cl)cn3)o2)CC1. The van der Waals surface area contributed by atoms with Crippen LogP contribution in [0.1, 0.15) is 125 Å². The van der Waals surface area contributed by atoms with Crippen LogP contribution in [-0.4, -0.2) is 15.2 Å². The van der Waals surface area contributed by atoms with Crippen LogP contribution in [0.3, 0.4) is 0 Å². The van der Waals surface area contributed by atoms with Crippen molar-refractivity contribution >= 4 is 11.6 Å². The number of pyridine rings is 1. The molecule has 7 rings (SSSR count). The first-order chi connectivity index (χ1) is 19.8. The number of rotatable bonds is 3. The fourth-order valence-corrected chi connectivity index (χ4v) is 12.3. The monoisotopic (exact) mass is 589 g/mol. The summed E-state index contributed by atoms with van der Waals surface area (Å²) in [6.45, 7) is 20.7. The minimum atomic E-state index is -0.131. The van der Waals surface area contributed by atoms with Crippen molar-refractivity contribution in [1.82, 2.24) is 15.2 Å². The van der Waals surface area contributed by atoms with E-state index >= 15 is 0 Å². The van der Waals surface area contributed by atoms with Crippen LogP contribution in [0.5, 0.6) is 0 Å². The molecule has 4 fully saturated rings. The zero-order valence-corrected chi connectivity index (χ0v) is 28.1. The smallest absolute Gasteiger partial charge is 0.266 e. The van der Waals surface area contributed by atoms with Gasteiger partial charge in [0.2, 0.25) is 5.89 Å². The molecule has 0 aliphatic heterocycles. The maximum absolute atomic E-state index is 6.58. The first-order valence-electron chi connectivity index (χ1n) is 17.0. The molecule has 0 bridgehead atoms. The highest BCUT2D eigenvalue weighted by Gasteiger charge is 2.69. The second-order valence-electron chi connectivity index (χ2n) is 16.8. The number of hydrogen-bond acceptors (Lipinski definition) is 4. The Bertz CT molecular complexity index is 1410. The summed E-state index contributed by atoms with van der Waals surface area (Å²) >= 11 is 6.11. The van der Waals surface area contributed by atoms with Gasteiger partial charge >= 0.3 is 0 Å². The van der Waals surface area contributed by atoms with Crippen LogP contribution >= 0.6 is 11.6 Å². The molecule has 0 saturated heterocycles. The molecule has 5 aliphatic rings. The third-order valence-electron chi connectivity index (χ3n) is 15.0. The summed E-state index contributed by atoms with van der Waals surface area (Å²) < 4.78 is 6.58. The highest BCUT2D eigenvalue weighted by atomic mass is 35.5. The zero-order chi connectivity index (χ0) is 29.9. The minimum absolute atomic E-state index is 0.131. The van der Waals surface area contributed by atoms with Gasteiger partial charge in [-0.1, -0.05) is 78.1 Å². The van der Waals surface area contributed by atoms with Crippen molar-refractivity contribution in [3.8, 4) is 11.6 Å². The van der Waals surface area contributed by atoms with E-state index in [4.69, 9.17) is 21.1 Å². The predicted octanol–water partition coefficient (Wildman–Crippen LogP) is 10.5. The van der Waals surface area contributed by atoms with E-state index in [0.717, 1.165) is 42.9 Å². The third kappa shape index (κ3) is 3.69. The summed E-state index contributed by atoms with van der Waals surface area (Å²) in [6.07, 6.45) is 14.5. The van der Waals surface area contributed by atoms with Crippen molar-refractivity contribution in [2.45, 2.75) is 125 Å². The molecule has 4 saturated carbocycles. The van der Waals surface area contributed by atoms with Gasteiger partial charge in [-0.3, -0.25) is 0 Å². The number of hydrogen-bond donors (Lipinski definition) is 0. The first-order valence-corrected chi connectivity index (χ1v) is 17.3. The van der Waals surface area contributed by atoms with Crippen LogP contribution in [0.2, 0.25) is 5.02 Å². The van der Waals surface area contributed by atoms with Crippen LogP contribution in [-0.2, 0) is 5.41 Å². The van der Waals surface area contributed by atoms with Crippen molar-refractivity contribution in [2.75, 3.05) is 0 Å². The van der Waals surface area contributed by atoms with Gasteiger partial charge in [-0.25, -0.2) is 4.98 Å². The number of nitrogens with zero attached hydrogens (tertiary/aromatic N) is 3. The first kappa shape index (κ1) is 29.1. The Kier molecular flexibility index (Phi) is 6.51. The molecule has 8 atom stereocenters. The maximum atomic E-state index is 6.58.